The van der Waals surface area contributed by atoms with E-state index in [2.05, 4.69) is 41.7 Å². The Bertz CT molecular complexity index is 1670. The van der Waals surface area contributed by atoms with E-state index in [1.165, 1.54) is 0 Å². The number of hydrogen-bond acceptors (Lipinski definition) is 3. The monoisotopic (exact) mass is 570 g/mol. The Morgan fingerprint density at radius 2 is 1.14 bits per heavy atom. The van der Waals surface area contributed by atoms with Gasteiger partial charge in [0.2, 0.25) is 0 Å². The minimum absolute atomic E-state index is 0.0441. The molecule has 42 heavy (non-hydrogen) atoms. The van der Waals surface area contributed by atoms with Crippen molar-refractivity contribution in [2.75, 3.05) is 6.61 Å². The van der Waals surface area contributed by atoms with Crippen LogP contribution in [0.1, 0.15) is 51.0 Å². The molecule has 1 N–H and O–H groups in total. The number of halogens is 1. The largest absolute Gasteiger partial charge is 0.449 e. The van der Waals surface area contributed by atoms with E-state index in [9.17, 15) is 9.59 Å². The van der Waals surface area contributed by atoms with Gasteiger partial charge in [-0.15, -0.1) is 0 Å². The lowest BCUT2D eigenvalue weighted by Gasteiger charge is -2.19. The molecule has 1 aliphatic carbocycles. The van der Waals surface area contributed by atoms with Crippen LogP contribution in [0.3, 0.4) is 0 Å². The van der Waals surface area contributed by atoms with Crippen molar-refractivity contribution < 1.29 is 14.3 Å². The Balaban J connectivity index is 1.12. The average Bonchev–Trinajstić information content (AvgIpc) is 3.35. The SMILES string of the molecule is C[C@@H](NC(=O)OCC1c2ccccc2-c2ccccc21)C(=O)c1ccc([C](c2ccccc2)c2ccc(Cl)cc2)cc1. The topological polar surface area (TPSA) is 55.4 Å². The van der Waals surface area contributed by atoms with Crippen LogP contribution in [0.15, 0.2) is 127 Å². The van der Waals surface area contributed by atoms with Gasteiger partial charge < -0.3 is 10.1 Å². The number of fused-ring (bicyclic) bond motifs is 3. The number of Topliss-reactive ketones (excluding diaryl/α,β-unsaturated/α-hetero) is 1. The van der Waals surface area contributed by atoms with Gasteiger partial charge in [-0.05, 0) is 58.0 Å². The van der Waals surface area contributed by atoms with Gasteiger partial charge in [0.1, 0.15) is 6.61 Å². The predicted octanol–water partition coefficient (Wildman–Crippen LogP) is 8.47. The van der Waals surface area contributed by atoms with E-state index in [1.807, 2.05) is 78.9 Å². The predicted molar refractivity (Wildman–Crippen MR) is 167 cm³/mol. The molecule has 0 saturated carbocycles. The van der Waals surface area contributed by atoms with E-state index in [1.54, 1.807) is 19.1 Å². The summed E-state index contributed by atoms with van der Waals surface area (Å²) in [5, 5.41) is 3.39. The summed E-state index contributed by atoms with van der Waals surface area (Å²) in [5.41, 5.74) is 8.17. The molecular weight excluding hydrogens is 542 g/mol. The first-order chi connectivity index (χ1) is 20.5. The molecule has 5 aromatic rings. The highest BCUT2D eigenvalue weighted by atomic mass is 35.5. The van der Waals surface area contributed by atoms with E-state index in [0.717, 1.165) is 44.9 Å². The number of hydrogen-bond donors (Lipinski definition) is 1. The third kappa shape index (κ3) is 5.59. The molecule has 5 aromatic carbocycles. The molecule has 6 rings (SSSR count). The highest BCUT2D eigenvalue weighted by molar-refractivity contribution is 6.30. The smallest absolute Gasteiger partial charge is 0.407 e. The molecule has 0 unspecified atom stereocenters. The second-order valence-electron chi connectivity index (χ2n) is 10.4. The van der Waals surface area contributed by atoms with Crippen LogP contribution in [-0.4, -0.2) is 24.5 Å². The summed E-state index contributed by atoms with van der Waals surface area (Å²) in [6, 6.07) is 40.9. The molecule has 207 valence electrons. The highest BCUT2D eigenvalue weighted by Crippen LogP contribution is 2.44. The molecule has 5 heteroatoms. The summed E-state index contributed by atoms with van der Waals surface area (Å²) in [6.45, 7) is 1.87. The molecule has 0 saturated heterocycles. The Morgan fingerprint density at radius 1 is 0.667 bits per heavy atom. The van der Waals surface area contributed by atoms with Gasteiger partial charge in [0.15, 0.2) is 5.78 Å². The van der Waals surface area contributed by atoms with Crippen LogP contribution in [0.5, 0.6) is 0 Å². The van der Waals surface area contributed by atoms with Crippen LogP contribution in [0.4, 0.5) is 4.79 Å². The van der Waals surface area contributed by atoms with Gasteiger partial charge in [0.05, 0.1) is 12.0 Å². The van der Waals surface area contributed by atoms with Crippen LogP contribution in [-0.2, 0) is 4.74 Å². The average molecular weight is 571 g/mol. The Labute approximate surface area is 250 Å². The van der Waals surface area contributed by atoms with Crippen LogP contribution >= 0.6 is 11.6 Å². The maximum atomic E-state index is 13.2. The van der Waals surface area contributed by atoms with Gasteiger partial charge in [0.25, 0.3) is 0 Å². The first kappa shape index (κ1) is 27.5. The summed E-state index contributed by atoms with van der Waals surface area (Å²) in [7, 11) is 0. The first-order valence-electron chi connectivity index (χ1n) is 13.9. The normalized spacial score (nSPS) is 12.8. The van der Waals surface area contributed by atoms with Gasteiger partial charge in [0, 0.05) is 16.5 Å². The van der Waals surface area contributed by atoms with Crippen molar-refractivity contribution in [3.05, 3.63) is 172 Å². The van der Waals surface area contributed by atoms with Gasteiger partial charge in [-0.25, -0.2) is 4.79 Å². The maximum Gasteiger partial charge on any atom is 0.407 e. The lowest BCUT2D eigenvalue weighted by Crippen LogP contribution is -2.39. The highest BCUT2D eigenvalue weighted by Gasteiger charge is 2.29. The fourth-order valence-corrected chi connectivity index (χ4v) is 5.78. The lowest BCUT2D eigenvalue weighted by molar-refractivity contribution is 0.0929. The fraction of sp³-hybridized carbons (Fsp3) is 0.108. The molecule has 0 bridgehead atoms. The van der Waals surface area contributed by atoms with Crippen LogP contribution in [0.2, 0.25) is 5.02 Å². The van der Waals surface area contributed by atoms with Gasteiger partial charge >= 0.3 is 6.09 Å². The van der Waals surface area contributed by atoms with Crippen LogP contribution in [0.25, 0.3) is 11.1 Å². The summed E-state index contributed by atoms with van der Waals surface area (Å²) in [5.74, 6) is 0.802. The Kier molecular flexibility index (Phi) is 7.89. The lowest BCUT2D eigenvalue weighted by atomic mass is 9.84. The molecule has 4 nitrogen and oxygen atoms in total. The van der Waals surface area contributed by atoms with Crippen molar-refractivity contribution in [1.82, 2.24) is 5.32 Å². The molecule has 0 aromatic heterocycles. The van der Waals surface area contributed by atoms with Crippen molar-refractivity contribution in [2.45, 2.75) is 18.9 Å². The van der Waals surface area contributed by atoms with Gasteiger partial charge in [-0.2, -0.15) is 0 Å². The Morgan fingerprint density at radius 3 is 1.74 bits per heavy atom. The second kappa shape index (κ2) is 12.1. The molecule has 0 fully saturated rings. The van der Waals surface area contributed by atoms with Crippen LogP contribution in [0, 0.1) is 5.92 Å². The number of carbonyl (C=O) groups excluding carboxylic acids is 2. The number of alkyl carbamates (subject to hydrolysis) is 1. The number of ether oxygens (including phenoxy) is 1. The van der Waals surface area contributed by atoms with Gasteiger partial charge in [-0.1, -0.05) is 127 Å². The Hall–Kier alpha value is -4.67. The van der Waals surface area contributed by atoms with E-state index in [0.29, 0.717) is 10.6 Å². The van der Waals surface area contributed by atoms with Crippen molar-refractivity contribution in [3.8, 4) is 11.1 Å². The molecule has 0 spiro atoms. The third-order valence-electron chi connectivity index (χ3n) is 7.72. The summed E-state index contributed by atoms with van der Waals surface area (Å²) in [4.78, 5) is 26.0. The standard InChI is InChI=1S/C37H29ClNO3/c1-24(39-37(41)42-23-34-32-13-7-5-11-30(32)31-12-6-8-14-33(31)34)36(40)28-17-15-26(16-18-28)35(25-9-3-2-4-10-25)27-19-21-29(38)22-20-27/h2-22,24,34H,23H2,1H3,(H,39,41)/t24-/m1/s1. The zero-order valence-electron chi connectivity index (χ0n) is 23.1. The summed E-state index contributed by atoms with van der Waals surface area (Å²) >= 11 is 6.14. The van der Waals surface area contributed by atoms with Crippen molar-refractivity contribution >= 4 is 23.5 Å². The van der Waals surface area contributed by atoms with Crippen LogP contribution < -0.4 is 5.32 Å². The number of amides is 1. The minimum atomic E-state index is -0.750. The van der Waals surface area contributed by atoms with E-state index >= 15 is 0 Å². The maximum absolute atomic E-state index is 13.2. The molecular formula is C37H29ClNO3. The molecule has 1 atom stereocenters. The zero-order valence-corrected chi connectivity index (χ0v) is 23.8. The molecule has 0 aliphatic heterocycles. The van der Waals surface area contributed by atoms with Crippen molar-refractivity contribution in [1.29, 1.82) is 0 Å². The number of nitrogens with one attached hydrogen (secondary N) is 1. The summed E-state index contributed by atoms with van der Waals surface area (Å²) in [6.07, 6.45) is -0.614. The zero-order chi connectivity index (χ0) is 29.1. The molecule has 1 radical (unpaired) electrons. The van der Waals surface area contributed by atoms with E-state index in [4.69, 9.17) is 16.3 Å². The number of carbonyl (C=O) groups is 2. The third-order valence-corrected chi connectivity index (χ3v) is 7.98. The van der Waals surface area contributed by atoms with E-state index in [-0.39, 0.29) is 18.3 Å². The minimum Gasteiger partial charge on any atom is -0.449 e. The van der Waals surface area contributed by atoms with Crippen molar-refractivity contribution in [2.24, 2.45) is 0 Å². The number of rotatable bonds is 8. The molecule has 1 aliphatic rings. The van der Waals surface area contributed by atoms with E-state index < -0.39 is 12.1 Å². The summed E-state index contributed by atoms with van der Waals surface area (Å²) < 4.78 is 5.64. The number of benzene rings is 5. The molecule has 1 amide bonds. The molecule has 0 heterocycles. The second-order valence-corrected chi connectivity index (χ2v) is 10.8. The quantitative estimate of drug-likeness (QED) is 0.150. The fourth-order valence-electron chi connectivity index (χ4n) is 5.65. The van der Waals surface area contributed by atoms with Crippen molar-refractivity contribution in [3.63, 3.8) is 0 Å². The first-order valence-corrected chi connectivity index (χ1v) is 14.3. The van der Waals surface area contributed by atoms with Gasteiger partial charge in [-0.3, -0.25) is 4.79 Å². The number of ketones is 1.